The average Bonchev–Trinajstić information content (AvgIpc) is 3.01. The minimum Gasteiger partial charge on any atom is -0.308 e. The molecule has 4 nitrogen and oxygen atoms in total. The van der Waals surface area contributed by atoms with Gasteiger partial charge in [-0.3, -0.25) is 10.00 Å². The van der Waals surface area contributed by atoms with Gasteiger partial charge in [0.05, 0.1) is 0 Å². The van der Waals surface area contributed by atoms with Crippen molar-refractivity contribution in [2.75, 3.05) is 13.1 Å². The molecule has 0 amide bonds. The summed E-state index contributed by atoms with van der Waals surface area (Å²) in [5.41, 5.74) is 2.58. The van der Waals surface area contributed by atoms with Gasteiger partial charge in [-0.15, -0.1) is 0 Å². The lowest BCUT2D eigenvalue weighted by atomic mass is 10.0. The fraction of sp³-hybridized carbons (Fsp3) is 0.438. The fourth-order valence-corrected chi connectivity index (χ4v) is 2.77. The van der Waals surface area contributed by atoms with Crippen molar-refractivity contribution in [1.29, 1.82) is 0 Å². The SMILES string of the molecule is c1ccc(CN2CCC(NCc3ccn[nH]3)CC2)cc1. The Kier molecular flexibility index (Phi) is 4.46. The third-order valence-electron chi connectivity index (χ3n) is 3.98. The van der Waals surface area contributed by atoms with Crippen molar-refractivity contribution in [1.82, 2.24) is 20.4 Å². The Balaban J connectivity index is 1.40. The Bertz CT molecular complexity index is 486. The first-order valence-corrected chi connectivity index (χ1v) is 7.38. The summed E-state index contributed by atoms with van der Waals surface area (Å²) in [6.45, 7) is 4.32. The Labute approximate surface area is 120 Å². The van der Waals surface area contributed by atoms with Crippen LogP contribution in [0.1, 0.15) is 24.1 Å². The third-order valence-corrected chi connectivity index (χ3v) is 3.98. The van der Waals surface area contributed by atoms with E-state index in [4.69, 9.17) is 0 Å². The van der Waals surface area contributed by atoms with Crippen LogP contribution in [0.15, 0.2) is 42.6 Å². The van der Waals surface area contributed by atoms with Crippen molar-refractivity contribution in [2.45, 2.75) is 32.0 Å². The van der Waals surface area contributed by atoms with Gasteiger partial charge in [-0.1, -0.05) is 30.3 Å². The van der Waals surface area contributed by atoms with Crippen molar-refractivity contribution in [3.05, 3.63) is 53.9 Å². The predicted octanol–water partition coefficient (Wildman–Crippen LogP) is 2.16. The number of aromatic nitrogens is 2. The molecule has 0 spiro atoms. The Morgan fingerprint density at radius 3 is 2.65 bits per heavy atom. The van der Waals surface area contributed by atoms with Crippen molar-refractivity contribution >= 4 is 0 Å². The average molecular weight is 270 g/mol. The molecule has 1 fully saturated rings. The first-order chi connectivity index (χ1) is 9.90. The van der Waals surface area contributed by atoms with E-state index in [9.17, 15) is 0 Å². The molecule has 3 rings (SSSR count). The molecule has 1 saturated heterocycles. The molecule has 0 saturated carbocycles. The van der Waals surface area contributed by atoms with E-state index in [-0.39, 0.29) is 0 Å². The van der Waals surface area contributed by atoms with Crippen LogP contribution < -0.4 is 5.32 Å². The van der Waals surface area contributed by atoms with Crippen molar-refractivity contribution < 1.29 is 0 Å². The lowest BCUT2D eigenvalue weighted by molar-refractivity contribution is 0.190. The number of H-pyrrole nitrogens is 1. The molecule has 106 valence electrons. The van der Waals surface area contributed by atoms with Gasteiger partial charge in [0.15, 0.2) is 0 Å². The maximum Gasteiger partial charge on any atom is 0.0490 e. The monoisotopic (exact) mass is 270 g/mol. The highest BCUT2D eigenvalue weighted by Crippen LogP contribution is 2.14. The molecule has 4 heteroatoms. The highest BCUT2D eigenvalue weighted by molar-refractivity contribution is 5.14. The standard InChI is InChI=1S/C16H22N4/c1-2-4-14(5-3-1)13-20-10-7-15(8-11-20)17-12-16-6-9-18-19-16/h1-6,9,15,17H,7-8,10-13H2,(H,18,19). The summed E-state index contributed by atoms with van der Waals surface area (Å²) in [7, 11) is 0. The van der Waals surface area contributed by atoms with E-state index in [1.165, 1.54) is 31.5 Å². The lowest BCUT2D eigenvalue weighted by Gasteiger charge is -2.32. The van der Waals surface area contributed by atoms with E-state index >= 15 is 0 Å². The molecule has 0 atom stereocenters. The molecule has 1 aliphatic rings. The zero-order valence-corrected chi connectivity index (χ0v) is 11.8. The van der Waals surface area contributed by atoms with Crippen molar-refractivity contribution in [2.24, 2.45) is 0 Å². The summed E-state index contributed by atoms with van der Waals surface area (Å²) in [5, 5.41) is 10.6. The highest BCUT2D eigenvalue weighted by Gasteiger charge is 2.18. The number of likely N-dealkylation sites (tertiary alicyclic amines) is 1. The topological polar surface area (TPSA) is 44.0 Å². The largest absolute Gasteiger partial charge is 0.308 e. The van der Waals surface area contributed by atoms with Gasteiger partial charge in [-0.25, -0.2) is 0 Å². The van der Waals surface area contributed by atoms with E-state index in [0.29, 0.717) is 6.04 Å². The molecule has 2 N–H and O–H groups in total. The van der Waals surface area contributed by atoms with E-state index in [0.717, 1.165) is 18.8 Å². The zero-order chi connectivity index (χ0) is 13.6. The number of nitrogens with zero attached hydrogens (tertiary/aromatic N) is 2. The minimum atomic E-state index is 0.630. The molecule has 2 aromatic rings. The van der Waals surface area contributed by atoms with Crippen LogP contribution in [0.2, 0.25) is 0 Å². The van der Waals surface area contributed by atoms with E-state index < -0.39 is 0 Å². The molecular formula is C16H22N4. The van der Waals surface area contributed by atoms with Crippen LogP contribution in [0.4, 0.5) is 0 Å². The van der Waals surface area contributed by atoms with Gasteiger partial charge >= 0.3 is 0 Å². The maximum absolute atomic E-state index is 3.97. The predicted molar refractivity (Wildman–Crippen MR) is 80.2 cm³/mol. The number of rotatable bonds is 5. The van der Waals surface area contributed by atoms with Gasteiger partial charge in [0.1, 0.15) is 0 Å². The number of hydrogen-bond donors (Lipinski definition) is 2. The molecule has 1 aromatic carbocycles. The Morgan fingerprint density at radius 1 is 1.15 bits per heavy atom. The second kappa shape index (κ2) is 6.68. The normalized spacial score (nSPS) is 17.4. The van der Waals surface area contributed by atoms with Crippen LogP contribution in [-0.4, -0.2) is 34.2 Å². The van der Waals surface area contributed by atoms with Crippen molar-refractivity contribution in [3.8, 4) is 0 Å². The highest BCUT2D eigenvalue weighted by atomic mass is 15.1. The van der Waals surface area contributed by atoms with Crippen LogP contribution in [-0.2, 0) is 13.1 Å². The van der Waals surface area contributed by atoms with Crippen LogP contribution in [0.5, 0.6) is 0 Å². The van der Waals surface area contributed by atoms with E-state index in [2.05, 4.69) is 50.7 Å². The molecule has 20 heavy (non-hydrogen) atoms. The first-order valence-electron chi connectivity index (χ1n) is 7.38. The van der Waals surface area contributed by atoms with Gasteiger partial charge in [-0.05, 0) is 37.6 Å². The molecule has 0 radical (unpaired) electrons. The van der Waals surface area contributed by atoms with E-state index in [1.54, 1.807) is 6.20 Å². The molecule has 1 aromatic heterocycles. The first kappa shape index (κ1) is 13.3. The molecule has 1 aliphatic heterocycles. The smallest absolute Gasteiger partial charge is 0.0490 e. The quantitative estimate of drug-likeness (QED) is 0.875. The second-order valence-corrected chi connectivity index (χ2v) is 5.50. The van der Waals surface area contributed by atoms with Crippen LogP contribution in [0.25, 0.3) is 0 Å². The number of hydrogen-bond acceptors (Lipinski definition) is 3. The summed E-state index contributed by atoms with van der Waals surface area (Å²) < 4.78 is 0. The summed E-state index contributed by atoms with van der Waals surface area (Å²) in [6.07, 6.45) is 4.25. The summed E-state index contributed by atoms with van der Waals surface area (Å²) in [4.78, 5) is 2.55. The lowest BCUT2D eigenvalue weighted by Crippen LogP contribution is -2.41. The number of nitrogens with one attached hydrogen (secondary N) is 2. The second-order valence-electron chi connectivity index (χ2n) is 5.50. The summed E-state index contributed by atoms with van der Waals surface area (Å²) in [5.74, 6) is 0. The number of piperidine rings is 1. The molecule has 2 heterocycles. The Hall–Kier alpha value is -1.65. The van der Waals surface area contributed by atoms with Gasteiger partial charge < -0.3 is 5.32 Å². The van der Waals surface area contributed by atoms with Crippen molar-refractivity contribution in [3.63, 3.8) is 0 Å². The summed E-state index contributed by atoms with van der Waals surface area (Å²) >= 11 is 0. The Morgan fingerprint density at radius 2 is 1.95 bits per heavy atom. The molecule has 0 unspecified atom stereocenters. The van der Waals surface area contributed by atoms with Gasteiger partial charge in [0.25, 0.3) is 0 Å². The minimum absolute atomic E-state index is 0.630. The molecule has 0 aliphatic carbocycles. The van der Waals surface area contributed by atoms with Gasteiger partial charge in [-0.2, -0.15) is 5.10 Å². The number of aromatic amines is 1. The fourth-order valence-electron chi connectivity index (χ4n) is 2.77. The third kappa shape index (κ3) is 3.68. The van der Waals surface area contributed by atoms with Gasteiger partial charge in [0, 0.05) is 31.0 Å². The maximum atomic E-state index is 3.97. The molecular weight excluding hydrogens is 248 g/mol. The molecule has 0 bridgehead atoms. The summed E-state index contributed by atoms with van der Waals surface area (Å²) in [6, 6.07) is 13.4. The zero-order valence-electron chi connectivity index (χ0n) is 11.8. The van der Waals surface area contributed by atoms with Crippen LogP contribution in [0.3, 0.4) is 0 Å². The van der Waals surface area contributed by atoms with Gasteiger partial charge in [0.2, 0.25) is 0 Å². The van der Waals surface area contributed by atoms with Crippen LogP contribution >= 0.6 is 0 Å². The number of benzene rings is 1. The van der Waals surface area contributed by atoms with Crippen LogP contribution in [0, 0.1) is 0 Å². The van der Waals surface area contributed by atoms with E-state index in [1.807, 2.05) is 6.07 Å².